The lowest BCUT2D eigenvalue weighted by Crippen LogP contribution is -2.15. The van der Waals surface area contributed by atoms with Gasteiger partial charge in [-0.1, -0.05) is 42.5 Å². The van der Waals surface area contributed by atoms with Crippen LogP contribution in [0.4, 0.5) is 5.95 Å². The SMILES string of the molecule is NC(CCNc1nc2ccccc2[nH]1)c1ccccc1. The number of imidazole rings is 1. The van der Waals surface area contributed by atoms with Crippen molar-refractivity contribution in [3.8, 4) is 0 Å². The van der Waals surface area contributed by atoms with Crippen LogP contribution in [0.15, 0.2) is 54.6 Å². The molecule has 0 saturated carbocycles. The van der Waals surface area contributed by atoms with Crippen LogP contribution in [-0.2, 0) is 0 Å². The molecule has 1 atom stereocenters. The minimum absolute atomic E-state index is 0.0491. The molecule has 1 aromatic heterocycles. The molecule has 102 valence electrons. The van der Waals surface area contributed by atoms with E-state index in [1.165, 1.54) is 5.56 Å². The second-order valence-corrected chi connectivity index (χ2v) is 4.84. The molecule has 0 amide bonds. The third-order valence-electron chi connectivity index (χ3n) is 3.36. The summed E-state index contributed by atoms with van der Waals surface area (Å²) in [5, 5.41) is 3.29. The van der Waals surface area contributed by atoms with E-state index in [9.17, 15) is 0 Å². The first kappa shape index (κ1) is 12.7. The lowest BCUT2D eigenvalue weighted by atomic mass is 10.1. The zero-order valence-electron chi connectivity index (χ0n) is 11.2. The third-order valence-corrected chi connectivity index (χ3v) is 3.36. The molecule has 0 saturated heterocycles. The summed E-state index contributed by atoms with van der Waals surface area (Å²) in [6.45, 7) is 0.788. The van der Waals surface area contributed by atoms with Crippen molar-refractivity contribution in [1.29, 1.82) is 0 Å². The van der Waals surface area contributed by atoms with E-state index in [0.29, 0.717) is 0 Å². The highest BCUT2D eigenvalue weighted by Gasteiger charge is 2.06. The number of nitrogens with two attached hydrogens (primary N) is 1. The first-order valence-electron chi connectivity index (χ1n) is 6.82. The van der Waals surface area contributed by atoms with Crippen molar-refractivity contribution in [1.82, 2.24) is 9.97 Å². The fourth-order valence-corrected chi connectivity index (χ4v) is 2.25. The van der Waals surface area contributed by atoms with Crippen LogP contribution >= 0.6 is 0 Å². The number of rotatable bonds is 5. The molecule has 4 heteroatoms. The number of hydrogen-bond donors (Lipinski definition) is 3. The number of aromatic nitrogens is 2. The van der Waals surface area contributed by atoms with E-state index in [-0.39, 0.29) is 6.04 Å². The molecule has 4 N–H and O–H groups in total. The summed E-state index contributed by atoms with van der Waals surface area (Å²) >= 11 is 0. The summed E-state index contributed by atoms with van der Waals surface area (Å²) in [7, 11) is 0. The van der Waals surface area contributed by atoms with Gasteiger partial charge in [-0.3, -0.25) is 0 Å². The van der Waals surface area contributed by atoms with Gasteiger partial charge in [0.2, 0.25) is 5.95 Å². The van der Waals surface area contributed by atoms with Gasteiger partial charge in [0.15, 0.2) is 0 Å². The molecule has 2 aromatic carbocycles. The van der Waals surface area contributed by atoms with Crippen molar-refractivity contribution in [3.05, 3.63) is 60.2 Å². The van der Waals surface area contributed by atoms with Crippen LogP contribution in [0.1, 0.15) is 18.0 Å². The average Bonchev–Trinajstić information content (AvgIpc) is 2.90. The largest absolute Gasteiger partial charge is 0.356 e. The number of H-pyrrole nitrogens is 1. The Bertz CT molecular complexity index is 642. The Morgan fingerprint density at radius 2 is 1.80 bits per heavy atom. The normalized spacial score (nSPS) is 12.4. The van der Waals surface area contributed by atoms with Gasteiger partial charge >= 0.3 is 0 Å². The highest BCUT2D eigenvalue weighted by Crippen LogP contribution is 2.15. The van der Waals surface area contributed by atoms with Gasteiger partial charge in [-0.2, -0.15) is 0 Å². The zero-order valence-corrected chi connectivity index (χ0v) is 11.2. The van der Waals surface area contributed by atoms with Gasteiger partial charge in [-0.25, -0.2) is 4.98 Å². The zero-order chi connectivity index (χ0) is 13.8. The summed E-state index contributed by atoms with van der Waals surface area (Å²) in [5.74, 6) is 0.798. The molecule has 0 aliphatic carbocycles. The quantitative estimate of drug-likeness (QED) is 0.665. The van der Waals surface area contributed by atoms with Gasteiger partial charge in [0, 0.05) is 12.6 Å². The summed E-state index contributed by atoms with van der Waals surface area (Å²) < 4.78 is 0. The van der Waals surface area contributed by atoms with Crippen molar-refractivity contribution >= 4 is 17.0 Å². The minimum Gasteiger partial charge on any atom is -0.356 e. The van der Waals surface area contributed by atoms with Gasteiger partial charge < -0.3 is 16.0 Å². The van der Waals surface area contributed by atoms with Gasteiger partial charge in [0.05, 0.1) is 11.0 Å². The first-order chi connectivity index (χ1) is 9.83. The van der Waals surface area contributed by atoms with Crippen LogP contribution in [0.3, 0.4) is 0 Å². The number of hydrogen-bond acceptors (Lipinski definition) is 3. The molecule has 3 rings (SSSR count). The van der Waals surface area contributed by atoms with Gasteiger partial charge in [-0.15, -0.1) is 0 Å². The van der Waals surface area contributed by atoms with E-state index < -0.39 is 0 Å². The Hall–Kier alpha value is -2.33. The molecule has 0 aliphatic rings. The topological polar surface area (TPSA) is 66.7 Å². The lowest BCUT2D eigenvalue weighted by molar-refractivity contribution is 0.673. The molecule has 0 aliphatic heterocycles. The first-order valence-corrected chi connectivity index (χ1v) is 6.82. The van der Waals surface area contributed by atoms with E-state index in [4.69, 9.17) is 5.73 Å². The van der Waals surface area contributed by atoms with Crippen LogP contribution in [0.2, 0.25) is 0 Å². The molecular weight excluding hydrogens is 248 g/mol. The summed E-state index contributed by atoms with van der Waals surface area (Å²) in [5.41, 5.74) is 9.35. The number of anilines is 1. The standard InChI is InChI=1S/C16H18N4/c17-13(12-6-2-1-3-7-12)10-11-18-16-19-14-8-4-5-9-15(14)20-16/h1-9,13H,10-11,17H2,(H2,18,19,20). The second kappa shape index (κ2) is 5.75. The Morgan fingerprint density at radius 1 is 1.05 bits per heavy atom. The number of aromatic amines is 1. The fourth-order valence-electron chi connectivity index (χ4n) is 2.25. The Morgan fingerprint density at radius 3 is 2.60 bits per heavy atom. The highest BCUT2D eigenvalue weighted by molar-refractivity contribution is 5.77. The Labute approximate surface area is 118 Å². The van der Waals surface area contributed by atoms with Gasteiger partial charge in [-0.05, 0) is 24.1 Å². The third kappa shape index (κ3) is 2.81. The number of fused-ring (bicyclic) bond motifs is 1. The fraction of sp³-hybridized carbons (Fsp3) is 0.188. The second-order valence-electron chi connectivity index (χ2n) is 4.84. The van der Waals surface area contributed by atoms with Crippen molar-refractivity contribution in [2.45, 2.75) is 12.5 Å². The van der Waals surface area contributed by atoms with Crippen LogP contribution in [0, 0.1) is 0 Å². The highest BCUT2D eigenvalue weighted by atomic mass is 15.1. The molecule has 4 nitrogen and oxygen atoms in total. The van der Waals surface area contributed by atoms with Crippen LogP contribution < -0.4 is 11.1 Å². The molecule has 0 fully saturated rings. The summed E-state index contributed by atoms with van der Waals surface area (Å²) in [4.78, 5) is 7.72. The molecule has 0 radical (unpaired) electrons. The maximum atomic E-state index is 6.16. The number of benzene rings is 2. The predicted octanol–water partition coefficient (Wildman–Crippen LogP) is 3.06. The lowest BCUT2D eigenvalue weighted by Gasteiger charge is -2.11. The molecular formula is C16H18N4. The van der Waals surface area contributed by atoms with E-state index in [0.717, 1.165) is 29.9 Å². The minimum atomic E-state index is 0.0491. The van der Waals surface area contributed by atoms with Gasteiger partial charge in [0.1, 0.15) is 0 Å². The average molecular weight is 266 g/mol. The Kier molecular flexibility index (Phi) is 3.65. The van der Waals surface area contributed by atoms with E-state index in [2.05, 4.69) is 27.4 Å². The number of para-hydroxylation sites is 2. The number of nitrogens with one attached hydrogen (secondary N) is 2. The van der Waals surface area contributed by atoms with Crippen molar-refractivity contribution in [2.24, 2.45) is 5.73 Å². The molecule has 1 heterocycles. The van der Waals surface area contributed by atoms with E-state index in [1.807, 2.05) is 42.5 Å². The number of nitrogens with zero attached hydrogens (tertiary/aromatic N) is 1. The van der Waals surface area contributed by atoms with Crippen molar-refractivity contribution in [3.63, 3.8) is 0 Å². The van der Waals surface area contributed by atoms with E-state index in [1.54, 1.807) is 0 Å². The summed E-state index contributed by atoms with van der Waals surface area (Å²) in [6, 6.07) is 18.2. The predicted molar refractivity (Wildman–Crippen MR) is 82.6 cm³/mol. The van der Waals surface area contributed by atoms with Crippen molar-refractivity contribution < 1.29 is 0 Å². The van der Waals surface area contributed by atoms with Crippen molar-refractivity contribution in [2.75, 3.05) is 11.9 Å². The maximum Gasteiger partial charge on any atom is 0.201 e. The Balaban J connectivity index is 1.57. The van der Waals surface area contributed by atoms with Crippen LogP contribution in [0.5, 0.6) is 0 Å². The van der Waals surface area contributed by atoms with Crippen LogP contribution in [-0.4, -0.2) is 16.5 Å². The molecule has 20 heavy (non-hydrogen) atoms. The van der Waals surface area contributed by atoms with Gasteiger partial charge in [0.25, 0.3) is 0 Å². The van der Waals surface area contributed by atoms with E-state index >= 15 is 0 Å². The molecule has 0 spiro atoms. The summed E-state index contributed by atoms with van der Waals surface area (Å²) in [6.07, 6.45) is 0.862. The monoisotopic (exact) mass is 266 g/mol. The smallest absolute Gasteiger partial charge is 0.201 e. The maximum absolute atomic E-state index is 6.16. The molecule has 0 bridgehead atoms. The van der Waals surface area contributed by atoms with Crippen LogP contribution in [0.25, 0.3) is 11.0 Å². The molecule has 1 unspecified atom stereocenters. The molecule has 3 aromatic rings.